The summed E-state index contributed by atoms with van der Waals surface area (Å²) in [4.78, 5) is 51.0. The van der Waals surface area contributed by atoms with Crippen molar-refractivity contribution in [1.82, 2.24) is 9.55 Å². The van der Waals surface area contributed by atoms with Crippen LogP contribution in [0.15, 0.2) is 15.7 Å². The molecule has 0 spiro atoms. The van der Waals surface area contributed by atoms with Crippen LogP contribution < -0.4 is 11.2 Å². The third-order valence-electron chi connectivity index (χ3n) is 2.77. The second-order valence-electron chi connectivity index (χ2n) is 4.33. The topological polar surface area (TPSA) is 89.0 Å². The third-order valence-corrected chi connectivity index (χ3v) is 3.74. The standard InChI is InChI=1S/C12H12N2O4S/c1-5-4-8-10(19-5)13-12(18)14(11(8)17)9(6(2)15)7(3)16/h4,9H,1-3H3,(H,13,18). The highest BCUT2D eigenvalue weighted by atomic mass is 32.1. The second kappa shape index (κ2) is 4.58. The molecule has 0 aliphatic carbocycles. The van der Waals surface area contributed by atoms with Crippen molar-refractivity contribution in [3.63, 3.8) is 0 Å². The average molecular weight is 280 g/mol. The van der Waals surface area contributed by atoms with Crippen molar-refractivity contribution in [3.8, 4) is 0 Å². The number of thiophene rings is 1. The average Bonchev–Trinajstić information content (AvgIpc) is 2.63. The molecule has 1 N–H and O–H groups in total. The Kier molecular flexibility index (Phi) is 3.23. The van der Waals surface area contributed by atoms with Crippen LogP contribution in [0.1, 0.15) is 24.8 Å². The number of rotatable bonds is 3. The summed E-state index contributed by atoms with van der Waals surface area (Å²) in [6.07, 6.45) is 0. The van der Waals surface area contributed by atoms with Gasteiger partial charge in [0, 0.05) is 4.88 Å². The molecule has 19 heavy (non-hydrogen) atoms. The number of hydrogen-bond acceptors (Lipinski definition) is 5. The number of nitrogens with one attached hydrogen (secondary N) is 1. The molecule has 0 aliphatic rings. The van der Waals surface area contributed by atoms with Gasteiger partial charge < -0.3 is 0 Å². The second-order valence-corrected chi connectivity index (χ2v) is 5.59. The highest BCUT2D eigenvalue weighted by Crippen LogP contribution is 2.19. The number of hydrogen-bond donors (Lipinski definition) is 1. The van der Waals surface area contributed by atoms with Crippen LogP contribution in [0, 0.1) is 6.92 Å². The molecule has 0 aliphatic heterocycles. The summed E-state index contributed by atoms with van der Waals surface area (Å²) in [6, 6.07) is 0.271. The van der Waals surface area contributed by atoms with Gasteiger partial charge in [-0.15, -0.1) is 11.3 Å². The fourth-order valence-corrected chi connectivity index (χ4v) is 2.92. The molecule has 0 unspecified atom stereocenters. The molecule has 2 aromatic heterocycles. The number of carbonyl (C=O) groups is 2. The van der Waals surface area contributed by atoms with E-state index in [9.17, 15) is 19.2 Å². The zero-order chi connectivity index (χ0) is 14.3. The summed E-state index contributed by atoms with van der Waals surface area (Å²) in [5.74, 6) is -1.07. The maximum atomic E-state index is 12.3. The fourth-order valence-electron chi connectivity index (χ4n) is 2.03. The molecular formula is C12H12N2O4S. The number of aryl methyl sites for hydroxylation is 1. The normalized spacial score (nSPS) is 11.2. The maximum absolute atomic E-state index is 12.3. The number of Topliss-reactive ketones (excluding diaryl/α,β-unsaturated/α-hetero) is 2. The lowest BCUT2D eigenvalue weighted by atomic mass is 10.1. The van der Waals surface area contributed by atoms with Gasteiger partial charge in [0.1, 0.15) is 4.83 Å². The van der Waals surface area contributed by atoms with Crippen LogP contribution in [0.25, 0.3) is 10.2 Å². The number of aromatic amines is 1. The van der Waals surface area contributed by atoms with Gasteiger partial charge >= 0.3 is 5.69 Å². The van der Waals surface area contributed by atoms with E-state index in [4.69, 9.17) is 0 Å². The Morgan fingerprint density at radius 3 is 2.37 bits per heavy atom. The van der Waals surface area contributed by atoms with Crippen molar-refractivity contribution < 1.29 is 9.59 Å². The molecule has 2 aromatic rings. The first-order valence-corrected chi connectivity index (χ1v) is 6.40. The van der Waals surface area contributed by atoms with E-state index in [-0.39, 0.29) is 0 Å². The molecule has 7 heteroatoms. The molecule has 0 amide bonds. The monoisotopic (exact) mass is 280 g/mol. The molecule has 100 valence electrons. The van der Waals surface area contributed by atoms with Gasteiger partial charge in [-0.05, 0) is 26.8 Å². The lowest BCUT2D eigenvalue weighted by Gasteiger charge is -2.12. The van der Waals surface area contributed by atoms with E-state index in [1.54, 1.807) is 13.0 Å². The Hall–Kier alpha value is -2.02. The van der Waals surface area contributed by atoms with Crippen molar-refractivity contribution in [2.45, 2.75) is 26.8 Å². The summed E-state index contributed by atoms with van der Waals surface area (Å²) >= 11 is 1.28. The SMILES string of the molecule is CC(=O)C(C(C)=O)n1c(=O)[nH]c2sc(C)cc2c1=O. The van der Waals surface area contributed by atoms with Crippen molar-refractivity contribution in [1.29, 1.82) is 0 Å². The van der Waals surface area contributed by atoms with Crippen LogP contribution >= 0.6 is 11.3 Å². The van der Waals surface area contributed by atoms with Gasteiger partial charge in [0.05, 0.1) is 5.39 Å². The van der Waals surface area contributed by atoms with Crippen LogP contribution in [-0.2, 0) is 9.59 Å². The number of nitrogens with zero attached hydrogens (tertiary/aromatic N) is 1. The molecule has 0 fully saturated rings. The minimum Gasteiger partial charge on any atom is -0.298 e. The third kappa shape index (κ3) is 2.17. The first-order chi connectivity index (χ1) is 8.82. The summed E-state index contributed by atoms with van der Waals surface area (Å²) in [6.45, 7) is 4.17. The Bertz CT molecular complexity index is 782. The van der Waals surface area contributed by atoms with Crippen LogP contribution in [0.2, 0.25) is 0 Å². The number of carbonyl (C=O) groups excluding carboxylic acids is 2. The van der Waals surface area contributed by atoms with E-state index in [0.717, 1.165) is 4.88 Å². The van der Waals surface area contributed by atoms with Crippen molar-refractivity contribution in [2.24, 2.45) is 0 Å². The van der Waals surface area contributed by atoms with E-state index in [2.05, 4.69) is 4.98 Å². The summed E-state index contributed by atoms with van der Waals surface area (Å²) < 4.78 is 0.694. The lowest BCUT2D eigenvalue weighted by Crippen LogP contribution is -2.42. The molecule has 0 atom stereocenters. The van der Waals surface area contributed by atoms with Crippen molar-refractivity contribution in [2.75, 3.05) is 0 Å². The zero-order valence-corrected chi connectivity index (χ0v) is 11.5. The molecule has 0 aromatic carbocycles. The van der Waals surface area contributed by atoms with Gasteiger partial charge in [-0.25, -0.2) is 9.36 Å². The van der Waals surface area contributed by atoms with E-state index in [1.807, 2.05) is 0 Å². The van der Waals surface area contributed by atoms with Gasteiger partial charge in [0.15, 0.2) is 17.6 Å². The molecule has 6 nitrogen and oxygen atoms in total. The number of ketones is 2. The number of H-pyrrole nitrogens is 1. The molecule has 0 bridgehead atoms. The van der Waals surface area contributed by atoms with Crippen LogP contribution in [0.3, 0.4) is 0 Å². The predicted octanol–water partition coefficient (Wildman–Crippen LogP) is 0.779. The van der Waals surface area contributed by atoms with Crippen molar-refractivity contribution >= 4 is 33.1 Å². The van der Waals surface area contributed by atoms with Crippen LogP contribution in [0.5, 0.6) is 0 Å². The predicted molar refractivity (Wildman–Crippen MR) is 71.8 cm³/mol. The van der Waals surface area contributed by atoms with Crippen LogP contribution in [-0.4, -0.2) is 21.1 Å². The van der Waals surface area contributed by atoms with E-state index in [1.165, 1.54) is 25.2 Å². The highest BCUT2D eigenvalue weighted by molar-refractivity contribution is 7.18. The molecule has 2 rings (SSSR count). The smallest absolute Gasteiger partial charge is 0.298 e. The molecule has 2 heterocycles. The Labute approximate surface area is 111 Å². The Balaban J connectivity index is 2.87. The minimum atomic E-state index is -1.36. The largest absolute Gasteiger partial charge is 0.330 e. The van der Waals surface area contributed by atoms with E-state index in [0.29, 0.717) is 14.8 Å². The van der Waals surface area contributed by atoms with Crippen molar-refractivity contribution in [3.05, 3.63) is 31.8 Å². The first kappa shape index (κ1) is 13.4. The van der Waals surface area contributed by atoms with E-state index >= 15 is 0 Å². The highest BCUT2D eigenvalue weighted by Gasteiger charge is 2.26. The number of aromatic nitrogens is 2. The maximum Gasteiger partial charge on any atom is 0.330 e. The quantitative estimate of drug-likeness (QED) is 0.841. The Morgan fingerprint density at radius 2 is 1.84 bits per heavy atom. The fraction of sp³-hybridized carbons (Fsp3) is 0.333. The van der Waals surface area contributed by atoms with Gasteiger partial charge in [-0.3, -0.25) is 19.4 Å². The minimum absolute atomic E-state index is 0.314. The first-order valence-electron chi connectivity index (χ1n) is 5.58. The molecule has 0 saturated heterocycles. The van der Waals surface area contributed by atoms with E-state index < -0.39 is 28.9 Å². The zero-order valence-electron chi connectivity index (χ0n) is 10.6. The summed E-state index contributed by atoms with van der Waals surface area (Å²) in [7, 11) is 0. The van der Waals surface area contributed by atoms with Gasteiger partial charge in [0.25, 0.3) is 5.56 Å². The molecule has 0 saturated carbocycles. The van der Waals surface area contributed by atoms with Gasteiger partial charge in [0.2, 0.25) is 0 Å². The van der Waals surface area contributed by atoms with Gasteiger partial charge in [-0.1, -0.05) is 0 Å². The Morgan fingerprint density at radius 1 is 1.26 bits per heavy atom. The lowest BCUT2D eigenvalue weighted by molar-refractivity contribution is -0.129. The molecule has 0 radical (unpaired) electrons. The number of fused-ring (bicyclic) bond motifs is 1. The van der Waals surface area contributed by atoms with Gasteiger partial charge in [-0.2, -0.15) is 0 Å². The summed E-state index contributed by atoms with van der Waals surface area (Å²) in [5.41, 5.74) is -1.35. The van der Waals surface area contributed by atoms with Crippen LogP contribution in [0.4, 0.5) is 0 Å². The molecular weight excluding hydrogens is 268 g/mol. The summed E-state index contributed by atoms with van der Waals surface area (Å²) in [5, 5.41) is 0.314.